The van der Waals surface area contributed by atoms with Crippen LogP contribution in [-0.2, 0) is 0 Å². The monoisotopic (exact) mass is 427 g/mol. The van der Waals surface area contributed by atoms with E-state index in [-0.39, 0.29) is 17.8 Å². The number of anilines is 2. The molecule has 4 aromatic heterocycles. The van der Waals surface area contributed by atoms with Crippen molar-refractivity contribution in [3.8, 4) is 23.1 Å². The lowest BCUT2D eigenvalue weighted by Crippen LogP contribution is -2.33. The van der Waals surface area contributed by atoms with Crippen LogP contribution < -0.4 is 15.8 Å². The van der Waals surface area contributed by atoms with Crippen molar-refractivity contribution in [2.75, 3.05) is 5.32 Å². The SMILES string of the molecule is N#Cc1cnc(Nc2cc(-c3c(O[C@@H]4CCC[C@H](N)C4)cnc4cccnc34)[nH]n2)cn1. The summed E-state index contributed by atoms with van der Waals surface area (Å²) >= 11 is 0. The predicted molar refractivity (Wildman–Crippen MR) is 118 cm³/mol. The average molecular weight is 427 g/mol. The fraction of sp³-hybridized carbons (Fsp3) is 0.273. The van der Waals surface area contributed by atoms with Crippen LogP contribution >= 0.6 is 0 Å². The van der Waals surface area contributed by atoms with Crippen molar-refractivity contribution in [2.24, 2.45) is 5.73 Å². The summed E-state index contributed by atoms with van der Waals surface area (Å²) in [6, 6.07) is 7.71. The van der Waals surface area contributed by atoms with Gasteiger partial charge in [-0.25, -0.2) is 9.97 Å². The number of rotatable bonds is 5. The molecule has 0 radical (unpaired) electrons. The Morgan fingerprint density at radius 2 is 2.06 bits per heavy atom. The van der Waals surface area contributed by atoms with E-state index in [1.165, 1.54) is 12.4 Å². The topological polar surface area (TPSA) is 151 Å². The average Bonchev–Trinajstić information content (AvgIpc) is 3.27. The summed E-state index contributed by atoms with van der Waals surface area (Å²) < 4.78 is 6.37. The molecule has 4 heterocycles. The second-order valence-electron chi connectivity index (χ2n) is 7.73. The summed E-state index contributed by atoms with van der Waals surface area (Å²) in [6.45, 7) is 0. The number of aromatic nitrogens is 6. The molecule has 4 N–H and O–H groups in total. The third kappa shape index (κ3) is 4.06. The van der Waals surface area contributed by atoms with E-state index in [0.29, 0.717) is 17.4 Å². The highest BCUT2D eigenvalue weighted by molar-refractivity contribution is 5.93. The van der Waals surface area contributed by atoms with Crippen molar-refractivity contribution in [3.63, 3.8) is 0 Å². The second kappa shape index (κ2) is 8.56. The van der Waals surface area contributed by atoms with Gasteiger partial charge >= 0.3 is 0 Å². The zero-order valence-corrected chi connectivity index (χ0v) is 17.2. The molecule has 10 nitrogen and oxygen atoms in total. The first-order chi connectivity index (χ1) is 15.7. The van der Waals surface area contributed by atoms with Gasteiger partial charge in [-0.2, -0.15) is 10.4 Å². The van der Waals surface area contributed by atoms with Crippen molar-refractivity contribution in [1.82, 2.24) is 30.1 Å². The summed E-state index contributed by atoms with van der Waals surface area (Å²) in [4.78, 5) is 17.3. The normalized spacial score (nSPS) is 18.2. The van der Waals surface area contributed by atoms with Crippen LogP contribution in [0.1, 0.15) is 31.4 Å². The minimum Gasteiger partial charge on any atom is -0.488 e. The van der Waals surface area contributed by atoms with Crippen molar-refractivity contribution < 1.29 is 4.74 Å². The van der Waals surface area contributed by atoms with Gasteiger partial charge in [0.25, 0.3) is 0 Å². The Hall–Kier alpha value is -4.10. The molecule has 0 saturated heterocycles. The van der Waals surface area contributed by atoms with Crippen LogP contribution in [0.4, 0.5) is 11.6 Å². The van der Waals surface area contributed by atoms with Crippen molar-refractivity contribution >= 4 is 22.7 Å². The molecule has 2 atom stereocenters. The van der Waals surface area contributed by atoms with Crippen LogP contribution in [-0.4, -0.2) is 42.3 Å². The molecule has 5 rings (SSSR count). The zero-order valence-electron chi connectivity index (χ0n) is 17.2. The first kappa shape index (κ1) is 19.8. The number of nitrogens with one attached hydrogen (secondary N) is 2. The Kier molecular flexibility index (Phi) is 5.31. The third-order valence-electron chi connectivity index (χ3n) is 5.42. The fourth-order valence-corrected chi connectivity index (χ4v) is 3.92. The first-order valence-corrected chi connectivity index (χ1v) is 10.4. The lowest BCUT2D eigenvalue weighted by Gasteiger charge is -2.28. The Labute approximate surface area is 183 Å². The van der Waals surface area contributed by atoms with Crippen LogP contribution in [0.25, 0.3) is 22.3 Å². The molecule has 0 amide bonds. The Balaban J connectivity index is 1.49. The number of nitriles is 1. The standard InChI is InChI=1S/C22H21N9O/c23-9-14-10-28-20(12-26-14)29-19-8-17(30-31-19)21-18(32-15-4-1-3-13(24)7-15)11-27-16-5-2-6-25-22(16)21/h2,5-6,8,10-13,15H,1,3-4,7,24H2,(H2,28,29,30,31)/t13-,15+/m0/s1. The maximum atomic E-state index is 8.87. The summed E-state index contributed by atoms with van der Waals surface area (Å²) in [6.07, 6.45) is 10.2. The van der Waals surface area contributed by atoms with Gasteiger partial charge in [-0.3, -0.25) is 15.1 Å². The molecule has 4 aromatic rings. The van der Waals surface area contributed by atoms with Gasteiger partial charge in [0, 0.05) is 18.3 Å². The molecule has 10 heteroatoms. The van der Waals surface area contributed by atoms with E-state index in [4.69, 9.17) is 15.7 Å². The summed E-state index contributed by atoms with van der Waals surface area (Å²) in [7, 11) is 0. The maximum Gasteiger partial charge on any atom is 0.158 e. The molecule has 1 fully saturated rings. The number of nitrogens with zero attached hydrogens (tertiary/aromatic N) is 6. The lowest BCUT2D eigenvalue weighted by molar-refractivity contribution is 0.145. The van der Waals surface area contributed by atoms with Gasteiger partial charge in [0.1, 0.15) is 29.3 Å². The number of pyridine rings is 2. The molecule has 0 aromatic carbocycles. The highest BCUT2D eigenvalue weighted by Gasteiger charge is 2.24. The van der Waals surface area contributed by atoms with E-state index >= 15 is 0 Å². The number of ether oxygens (including phenoxy) is 1. The summed E-state index contributed by atoms with van der Waals surface area (Å²) in [5.41, 5.74) is 9.41. The fourth-order valence-electron chi connectivity index (χ4n) is 3.92. The number of nitrogens with two attached hydrogens (primary N) is 1. The van der Waals surface area contributed by atoms with Gasteiger partial charge < -0.3 is 15.8 Å². The van der Waals surface area contributed by atoms with Crippen molar-refractivity contribution in [3.05, 3.63) is 48.7 Å². The van der Waals surface area contributed by atoms with E-state index in [1.807, 2.05) is 24.3 Å². The molecule has 1 saturated carbocycles. The van der Waals surface area contributed by atoms with Gasteiger partial charge in [-0.1, -0.05) is 0 Å². The molecule has 0 aliphatic heterocycles. The smallest absolute Gasteiger partial charge is 0.158 e. The number of hydrogen-bond acceptors (Lipinski definition) is 9. The molecule has 0 bridgehead atoms. The highest BCUT2D eigenvalue weighted by atomic mass is 16.5. The molecule has 0 unspecified atom stereocenters. The lowest BCUT2D eigenvalue weighted by atomic mass is 9.93. The van der Waals surface area contributed by atoms with Crippen LogP contribution in [0.3, 0.4) is 0 Å². The number of H-pyrrole nitrogens is 1. The van der Waals surface area contributed by atoms with Crippen LogP contribution in [0.2, 0.25) is 0 Å². The molecule has 1 aliphatic carbocycles. The summed E-state index contributed by atoms with van der Waals surface area (Å²) in [5, 5.41) is 19.4. The number of hydrogen-bond donors (Lipinski definition) is 3. The molecule has 32 heavy (non-hydrogen) atoms. The van der Waals surface area contributed by atoms with Gasteiger partial charge in [0.15, 0.2) is 11.5 Å². The summed E-state index contributed by atoms with van der Waals surface area (Å²) in [5.74, 6) is 1.67. The largest absolute Gasteiger partial charge is 0.488 e. The minimum absolute atomic E-state index is 0.0369. The van der Waals surface area contributed by atoms with Crippen LogP contribution in [0.15, 0.2) is 43.0 Å². The Morgan fingerprint density at radius 3 is 2.88 bits per heavy atom. The third-order valence-corrected chi connectivity index (χ3v) is 5.42. The van der Waals surface area contributed by atoms with E-state index in [9.17, 15) is 0 Å². The quantitative estimate of drug-likeness (QED) is 0.436. The number of fused-ring (bicyclic) bond motifs is 1. The molecule has 160 valence electrons. The van der Waals surface area contributed by atoms with Crippen LogP contribution in [0, 0.1) is 11.3 Å². The molecule has 0 spiro atoms. The van der Waals surface area contributed by atoms with E-state index in [0.717, 1.165) is 48.0 Å². The molecular formula is C22H21N9O. The van der Waals surface area contributed by atoms with E-state index < -0.39 is 0 Å². The highest BCUT2D eigenvalue weighted by Crippen LogP contribution is 2.36. The Morgan fingerprint density at radius 1 is 1.12 bits per heavy atom. The van der Waals surface area contributed by atoms with E-state index in [1.54, 1.807) is 12.4 Å². The van der Waals surface area contributed by atoms with Gasteiger partial charge in [0.2, 0.25) is 0 Å². The van der Waals surface area contributed by atoms with Crippen molar-refractivity contribution in [1.29, 1.82) is 5.26 Å². The van der Waals surface area contributed by atoms with Crippen molar-refractivity contribution in [2.45, 2.75) is 37.8 Å². The van der Waals surface area contributed by atoms with Crippen LogP contribution in [0.5, 0.6) is 5.75 Å². The van der Waals surface area contributed by atoms with Gasteiger partial charge in [-0.15, -0.1) is 0 Å². The minimum atomic E-state index is 0.0369. The number of aromatic amines is 1. The maximum absolute atomic E-state index is 8.87. The molecule has 1 aliphatic rings. The first-order valence-electron chi connectivity index (χ1n) is 10.4. The Bertz CT molecular complexity index is 1280. The second-order valence-corrected chi connectivity index (χ2v) is 7.73. The van der Waals surface area contributed by atoms with Gasteiger partial charge in [0.05, 0.1) is 35.4 Å². The molecular weight excluding hydrogens is 406 g/mol. The van der Waals surface area contributed by atoms with E-state index in [2.05, 4.69) is 35.5 Å². The van der Waals surface area contributed by atoms with Gasteiger partial charge in [-0.05, 0) is 37.8 Å². The zero-order chi connectivity index (χ0) is 21.9. The predicted octanol–water partition coefficient (Wildman–Crippen LogP) is 3.07.